The Hall–Kier alpha value is -6.96. The summed E-state index contributed by atoms with van der Waals surface area (Å²) in [5.41, 5.74) is 17.9. The third-order valence-corrected chi connectivity index (χ3v) is 10.7. The number of rotatable bonds is 10. The molecule has 1 nitrogen and oxygen atoms in total. The van der Waals surface area contributed by atoms with Crippen LogP contribution in [0.5, 0.6) is 0 Å². The van der Waals surface area contributed by atoms with Gasteiger partial charge in [0.25, 0.3) is 0 Å². The maximum atomic E-state index is 2.42. The Bertz CT molecular complexity index is 2630. The number of aryl methyl sites for hydroxylation is 4. The zero-order valence-electron chi connectivity index (χ0n) is 33.2. The van der Waals surface area contributed by atoms with E-state index in [2.05, 4.69) is 245 Å². The minimum absolute atomic E-state index is 1.11. The standard InChI is InChI=1S/C56H47N/c1-40-22-29-48(30-23-40)54(49-31-24-41(2)25-32-49)39-44-27-34-50(35-28-44)57(55-36-26-42(3)38-43(55)4)56-37-33-47(52-19-11-12-20-53(52)56)18-13-21-51(45-14-7-5-8-15-45)46-16-9-6-10-17-46/h5-39H,1-4H3. The van der Waals surface area contributed by atoms with Crippen molar-refractivity contribution in [1.82, 2.24) is 0 Å². The Labute approximate surface area is 338 Å². The molecule has 0 bridgehead atoms. The number of hydrogen-bond donors (Lipinski definition) is 0. The first-order valence-corrected chi connectivity index (χ1v) is 19.8. The molecule has 0 heterocycles. The van der Waals surface area contributed by atoms with E-state index >= 15 is 0 Å². The van der Waals surface area contributed by atoms with E-state index in [-0.39, 0.29) is 0 Å². The van der Waals surface area contributed by atoms with Crippen LogP contribution in [0.2, 0.25) is 0 Å². The van der Waals surface area contributed by atoms with Gasteiger partial charge in [0.05, 0.1) is 5.69 Å². The first-order chi connectivity index (χ1) is 27.9. The number of hydrogen-bond acceptors (Lipinski definition) is 1. The Morgan fingerprint density at radius 1 is 0.421 bits per heavy atom. The van der Waals surface area contributed by atoms with Crippen LogP contribution >= 0.6 is 0 Å². The summed E-state index contributed by atoms with van der Waals surface area (Å²) >= 11 is 0. The average molecular weight is 734 g/mol. The van der Waals surface area contributed by atoms with Crippen molar-refractivity contribution in [2.75, 3.05) is 4.90 Å². The van der Waals surface area contributed by atoms with E-state index in [1.807, 2.05) is 0 Å². The average Bonchev–Trinajstić information content (AvgIpc) is 3.24. The van der Waals surface area contributed by atoms with Crippen molar-refractivity contribution in [3.05, 3.63) is 256 Å². The smallest absolute Gasteiger partial charge is 0.0540 e. The molecule has 0 unspecified atom stereocenters. The number of nitrogens with zero attached hydrogens (tertiary/aromatic N) is 1. The molecule has 0 saturated carbocycles. The summed E-state index contributed by atoms with van der Waals surface area (Å²) in [4.78, 5) is 2.42. The van der Waals surface area contributed by atoms with Gasteiger partial charge in [-0.3, -0.25) is 0 Å². The van der Waals surface area contributed by atoms with Gasteiger partial charge in [0.15, 0.2) is 0 Å². The molecule has 1 heteroatoms. The second-order valence-corrected chi connectivity index (χ2v) is 14.9. The second kappa shape index (κ2) is 16.8. The minimum Gasteiger partial charge on any atom is -0.310 e. The first kappa shape index (κ1) is 37.0. The fourth-order valence-electron chi connectivity index (χ4n) is 7.64. The highest BCUT2D eigenvalue weighted by Gasteiger charge is 2.18. The largest absolute Gasteiger partial charge is 0.310 e. The molecule has 276 valence electrons. The van der Waals surface area contributed by atoms with Crippen LogP contribution in [0.3, 0.4) is 0 Å². The Morgan fingerprint density at radius 2 is 0.930 bits per heavy atom. The molecule has 8 rings (SSSR count). The molecule has 8 aromatic rings. The van der Waals surface area contributed by atoms with Crippen molar-refractivity contribution in [3.8, 4) is 0 Å². The van der Waals surface area contributed by atoms with Crippen molar-refractivity contribution >= 4 is 51.1 Å². The van der Waals surface area contributed by atoms with E-state index in [1.165, 1.54) is 72.0 Å². The number of anilines is 3. The van der Waals surface area contributed by atoms with Gasteiger partial charge in [-0.1, -0.05) is 199 Å². The SMILES string of the molecule is Cc1ccc(C(=Cc2ccc(N(c3ccc(C)cc3C)c3ccc(C=CC=C(c4ccccc4)c4ccccc4)c4ccccc34)cc2)c2ccc(C)cc2)cc1. The minimum atomic E-state index is 1.11. The highest BCUT2D eigenvalue weighted by molar-refractivity contribution is 6.03. The quantitative estimate of drug-likeness (QED) is 0.0999. The van der Waals surface area contributed by atoms with E-state index in [1.54, 1.807) is 0 Å². The topological polar surface area (TPSA) is 3.24 Å². The van der Waals surface area contributed by atoms with Gasteiger partial charge in [0.1, 0.15) is 0 Å². The molecule has 0 spiro atoms. The number of allylic oxidation sites excluding steroid dienone is 2. The molecule has 0 atom stereocenters. The molecule has 0 fully saturated rings. The summed E-state index contributed by atoms with van der Waals surface area (Å²) in [5, 5.41) is 2.40. The molecule has 0 N–H and O–H groups in total. The van der Waals surface area contributed by atoms with Crippen LogP contribution in [-0.2, 0) is 0 Å². The van der Waals surface area contributed by atoms with Crippen molar-refractivity contribution < 1.29 is 0 Å². The molecular weight excluding hydrogens is 687 g/mol. The van der Waals surface area contributed by atoms with Gasteiger partial charge in [-0.2, -0.15) is 0 Å². The third kappa shape index (κ3) is 8.34. The lowest BCUT2D eigenvalue weighted by atomic mass is 9.94. The molecule has 0 amide bonds. The van der Waals surface area contributed by atoms with Crippen molar-refractivity contribution in [3.63, 3.8) is 0 Å². The molecule has 8 aromatic carbocycles. The van der Waals surface area contributed by atoms with Crippen LogP contribution in [-0.4, -0.2) is 0 Å². The van der Waals surface area contributed by atoms with E-state index < -0.39 is 0 Å². The molecule has 0 saturated heterocycles. The van der Waals surface area contributed by atoms with Crippen LogP contribution in [0.15, 0.2) is 200 Å². The van der Waals surface area contributed by atoms with Crippen LogP contribution in [0.1, 0.15) is 55.6 Å². The Balaban J connectivity index is 1.20. The highest BCUT2D eigenvalue weighted by Crippen LogP contribution is 2.42. The lowest BCUT2D eigenvalue weighted by Crippen LogP contribution is -2.12. The summed E-state index contributed by atoms with van der Waals surface area (Å²) in [5.74, 6) is 0. The number of fused-ring (bicyclic) bond motifs is 1. The monoisotopic (exact) mass is 733 g/mol. The molecule has 0 radical (unpaired) electrons. The number of benzene rings is 8. The lowest BCUT2D eigenvalue weighted by molar-refractivity contribution is 1.25. The summed E-state index contributed by atoms with van der Waals surface area (Å²) in [6.45, 7) is 8.65. The molecule has 0 aliphatic heterocycles. The zero-order valence-corrected chi connectivity index (χ0v) is 33.2. The molecule has 0 aliphatic rings. The third-order valence-electron chi connectivity index (χ3n) is 10.7. The van der Waals surface area contributed by atoms with Gasteiger partial charge in [-0.25, -0.2) is 0 Å². The fourth-order valence-corrected chi connectivity index (χ4v) is 7.64. The molecule has 0 aliphatic carbocycles. The first-order valence-electron chi connectivity index (χ1n) is 19.8. The lowest BCUT2D eigenvalue weighted by Gasteiger charge is -2.29. The van der Waals surface area contributed by atoms with Gasteiger partial charge < -0.3 is 4.90 Å². The van der Waals surface area contributed by atoms with Crippen molar-refractivity contribution in [2.24, 2.45) is 0 Å². The van der Waals surface area contributed by atoms with Gasteiger partial charge >= 0.3 is 0 Å². The zero-order chi connectivity index (χ0) is 39.1. The molecule has 0 aromatic heterocycles. The van der Waals surface area contributed by atoms with Crippen LogP contribution in [0.25, 0.3) is 34.1 Å². The van der Waals surface area contributed by atoms with Crippen LogP contribution in [0.4, 0.5) is 17.1 Å². The Kier molecular flexibility index (Phi) is 10.9. The second-order valence-electron chi connectivity index (χ2n) is 14.9. The Morgan fingerprint density at radius 3 is 1.51 bits per heavy atom. The van der Waals surface area contributed by atoms with Gasteiger partial charge in [-0.15, -0.1) is 0 Å². The van der Waals surface area contributed by atoms with E-state index in [4.69, 9.17) is 0 Å². The van der Waals surface area contributed by atoms with E-state index in [9.17, 15) is 0 Å². The van der Waals surface area contributed by atoms with Crippen molar-refractivity contribution in [2.45, 2.75) is 27.7 Å². The van der Waals surface area contributed by atoms with Crippen LogP contribution < -0.4 is 4.90 Å². The predicted molar refractivity (Wildman–Crippen MR) is 246 cm³/mol. The maximum Gasteiger partial charge on any atom is 0.0540 e. The predicted octanol–water partition coefficient (Wildman–Crippen LogP) is 15.3. The summed E-state index contributed by atoms with van der Waals surface area (Å²) in [7, 11) is 0. The fraction of sp³-hybridized carbons (Fsp3) is 0.0714. The molecular formula is C56H47N. The summed E-state index contributed by atoms with van der Waals surface area (Å²) in [6, 6.07) is 68.0. The normalized spacial score (nSPS) is 11.1. The van der Waals surface area contributed by atoms with Gasteiger partial charge in [-0.05, 0) is 114 Å². The molecule has 57 heavy (non-hydrogen) atoms. The van der Waals surface area contributed by atoms with Gasteiger partial charge in [0, 0.05) is 16.8 Å². The summed E-state index contributed by atoms with van der Waals surface area (Å²) < 4.78 is 0. The van der Waals surface area contributed by atoms with Crippen LogP contribution in [0, 0.1) is 27.7 Å². The summed E-state index contributed by atoms with van der Waals surface area (Å²) in [6.07, 6.45) is 8.97. The van der Waals surface area contributed by atoms with E-state index in [0.29, 0.717) is 0 Å². The highest BCUT2D eigenvalue weighted by atomic mass is 15.1. The van der Waals surface area contributed by atoms with Gasteiger partial charge in [0.2, 0.25) is 0 Å². The van der Waals surface area contributed by atoms with Crippen molar-refractivity contribution in [1.29, 1.82) is 0 Å². The van der Waals surface area contributed by atoms with E-state index in [0.717, 1.165) is 22.6 Å². The maximum absolute atomic E-state index is 2.42.